The number of hydrogen-bond donors (Lipinski definition) is 2. The molecule has 1 atom stereocenters. The molecule has 1 fully saturated rings. The Kier molecular flexibility index (Phi) is 3.78. The fourth-order valence-corrected chi connectivity index (χ4v) is 2.01. The van der Waals surface area contributed by atoms with E-state index in [0.717, 1.165) is 6.07 Å². The molecule has 18 heavy (non-hydrogen) atoms. The maximum atomic E-state index is 13.1. The molecule has 0 amide bonds. The molecule has 1 aromatic rings. The highest BCUT2D eigenvalue weighted by molar-refractivity contribution is 5.73. The maximum absolute atomic E-state index is 13.1. The van der Waals surface area contributed by atoms with Crippen molar-refractivity contribution in [1.29, 1.82) is 0 Å². The Balaban J connectivity index is 2.13. The van der Waals surface area contributed by atoms with Gasteiger partial charge in [0.2, 0.25) is 0 Å². The molecule has 6 heteroatoms. The first kappa shape index (κ1) is 12.8. The number of halogens is 1. The van der Waals surface area contributed by atoms with Crippen molar-refractivity contribution in [3.8, 4) is 5.75 Å². The number of phenols is 1. The number of carboxylic acids is 1. The molecular formula is C12H14FNO4. The number of phenolic OH excluding ortho intramolecular Hbond substituents is 1. The van der Waals surface area contributed by atoms with Crippen molar-refractivity contribution in [2.75, 3.05) is 19.8 Å². The third-order valence-electron chi connectivity index (χ3n) is 2.85. The van der Waals surface area contributed by atoms with Crippen LogP contribution in [0.1, 0.15) is 5.56 Å². The van der Waals surface area contributed by atoms with Crippen molar-refractivity contribution in [3.05, 3.63) is 29.6 Å². The van der Waals surface area contributed by atoms with Crippen molar-refractivity contribution < 1.29 is 24.1 Å². The van der Waals surface area contributed by atoms with E-state index in [-0.39, 0.29) is 18.9 Å². The zero-order valence-corrected chi connectivity index (χ0v) is 9.67. The fraction of sp³-hybridized carbons (Fsp3) is 0.417. The second-order valence-corrected chi connectivity index (χ2v) is 4.22. The van der Waals surface area contributed by atoms with E-state index in [1.807, 2.05) is 0 Å². The monoisotopic (exact) mass is 255 g/mol. The Bertz CT molecular complexity index is 431. The van der Waals surface area contributed by atoms with Crippen LogP contribution in [0.15, 0.2) is 18.2 Å². The van der Waals surface area contributed by atoms with Crippen LogP contribution >= 0.6 is 0 Å². The minimum absolute atomic E-state index is 0.122. The van der Waals surface area contributed by atoms with Crippen LogP contribution in [0, 0.1) is 5.82 Å². The van der Waals surface area contributed by atoms with Crippen LogP contribution < -0.4 is 0 Å². The molecule has 1 heterocycles. The highest BCUT2D eigenvalue weighted by atomic mass is 19.1. The number of aromatic hydroxyl groups is 1. The molecule has 0 aromatic heterocycles. The highest BCUT2D eigenvalue weighted by Crippen LogP contribution is 2.18. The maximum Gasteiger partial charge on any atom is 0.323 e. The molecule has 2 rings (SSSR count). The lowest BCUT2D eigenvalue weighted by Gasteiger charge is -2.32. The Morgan fingerprint density at radius 1 is 1.50 bits per heavy atom. The largest absolute Gasteiger partial charge is 0.508 e. The molecule has 0 aliphatic carbocycles. The zero-order valence-electron chi connectivity index (χ0n) is 9.67. The molecule has 0 radical (unpaired) electrons. The topological polar surface area (TPSA) is 70.0 Å². The summed E-state index contributed by atoms with van der Waals surface area (Å²) in [6, 6.07) is 2.99. The van der Waals surface area contributed by atoms with Crippen LogP contribution in [0.2, 0.25) is 0 Å². The summed E-state index contributed by atoms with van der Waals surface area (Å²) in [5, 5.41) is 18.3. The molecule has 1 aromatic carbocycles. The fourth-order valence-electron chi connectivity index (χ4n) is 2.01. The van der Waals surface area contributed by atoms with Crippen molar-refractivity contribution >= 4 is 5.97 Å². The van der Waals surface area contributed by atoms with Gasteiger partial charge in [-0.15, -0.1) is 0 Å². The van der Waals surface area contributed by atoms with Gasteiger partial charge in [0.05, 0.1) is 13.2 Å². The van der Waals surface area contributed by atoms with Gasteiger partial charge in [-0.25, -0.2) is 4.39 Å². The Morgan fingerprint density at radius 3 is 2.94 bits per heavy atom. The molecule has 1 aliphatic heterocycles. The Morgan fingerprint density at radius 2 is 2.28 bits per heavy atom. The van der Waals surface area contributed by atoms with Crippen molar-refractivity contribution in [2.24, 2.45) is 0 Å². The molecular weight excluding hydrogens is 241 g/mol. The van der Waals surface area contributed by atoms with Crippen molar-refractivity contribution in [2.45, 2.75) is 12.6 Å². The first-order valence-corrected chi connectivity index (χ1v) is 5.59. The summed E-state index contributed by atoms with van der Waals surface area (Å²) in [7, 11) is 0. The third-order valence-corrected chi connectivity index (χ3v) is 2.85. The van der Waals surface area contributed by atoms with Crippen LogP contribution in [0.25, 0.3) is 0 Å². The molecule has 0 spiro atoms. The molecule has 98 valence electrons. The number of ether oxygens (including phenoxy) is 1. The molecule has 2 N–H and O–H groups in total. The number of hydrogen-bond acceptors (Lipinski definition) is 4. The Labute approximate surface area is 103 Å². The van der Waals surface area contributed by atoms with Gasteiger partial charge in [0.25, 0.3) is 0 Å². The number of carbonyl (C=O) groups is 1. The zero-order chi connectivity index (χ0) is 13.1. The number of rotatable bonds is 3. The van der Waals surface area contributed by atoms with Crippen LogP contribution in [0.4, 0.5) is 4.39 Å². The van der Waals surface area contributed by atoms with Crippen LogP contribution in [0.5, 0.6) is 5.75 Å². The summed E-state index contributed by atoms with van der Waals surface area (Å²) < 4.78 is 18.2. The number of morpholine rings is 1. The second kappa shape index (κ2) is 5.32. The first-order valence-electron chi connectivity index (χ1n) is 5.59. The summed E-state index contributed by atoms with van der Waals surface area (Å²) in [6.07, 6.45) is 0. The molecule has 1 aliphatic rings. The van der Waals surface area contributed by atoms with Gasteiger partial charge >= 0.3 is 5.97 Å². The van der Waals surface area contributed by atoms with Crippen LogP contribution in [-0.2, 0) is 16.1 Å². The first-order chi connectivity index (χ1) is 8.56. The van der Waals surface area contributed by atoms with Gasteiger partial charge in [0, 0.05) is 19.2 Å². The van der Waals surface area contributed by atoms with Crippen molar-refractivity contribution in [1.82, 2.24) is 4.90 Å². The average molecular weight is 255 g/mol. The van der Waals surface area contributed by atoms with Gasteiger partial charge in [-0.1, -0.05) is 0 Å². The van der Waals surface area contributed by atoms with Crippen LogP contribution in [-0.4, -0.2) is 46.9 Å². The van der Waals surface area contributed by atoms with Crippen LogP contribution in [0.3, 0.4) is 0 Å². The Hall–Kier alpha value is -1.66. The molecule has 0 bridgehead atoms. The second-order valence-electron chi connectivity index (χ2n) is 4.22. The standard InChI is InChI=1S/C12H14FNO4/c13-9-3-8(4-10(15)5-9)6-14-1-2-18-7-11(14)12(16)17/h3-5,11,15H,1-2,6-7H2,(H,16,17). The lowest BCUT2D eigenvalue weighted by molar-refractivity contribution is -0.150. The summed E-state index contributed by atoms with van der Waals surface area (Å²) in [4.78, 5) is 12.7. The van der Waals surface area contributed by atoms with E-state index in [2.05, 4.69) is 0 Å². The molecule has 0 saturated carbocycles. The predicted molar refractivity (Wildman–Crippen MR) is 60.7 cm³/mol. The molecule has 1 unspecified atom stereocenters. The van der Waals surface area contributed by atoms with Gasteiger partial charge in [-0.05, 0) is 17.7 Å². The van der Waals surface area contributed by atoms with E-state index < -0.39 is 17.8 Å². The van der Waals surface area contributed by atoms with E-state index >= 15 is 0 Å². The highest BCUT2D eigenvalue weighted by Gasteiger charge is 2.29. The average Bonchev–Trinajstić information content (AvgIpc) is 2.27. The normalized spacial score (nSPS) is 20.8. The quantitative estimate of drug-likeness (QED) is 0.836. The number of benzene rings is 1. The van der Waals surface area contributed by atoms with Gasteiger partial charge in [0.15, 0.2) is 0 Å². The number of nitrogens with zero attached hydrogens (tertiary/aromatic N) is 1. The third kappa shape index (κ3) is 2.96. The predicted octanol–water partition coefficient (Wildman–Crippen LogP) is 0.817. The molecule has 1 saturated heterocycles. The van der Waals surface area contributed by atoms with E-state index in [1.165, 1.54) is 12.1 Å². The summed E-state index contributed by atoms with van der Waals surface area (Å²) in [5.74, 6) is -1.66. The minimum atomic E-state index is -0.963. The van der Waals surface area contributed by atoms with Gasteiger partial charge in [-0.3, -0.25) is 9.69 Å². The summed E-state index contributed by atoms with van der Waals surface area (Å²) in [6.45, 7) is 1.31. The number of aliphatic carboxylic acids is 1. The SMILES string of the molecule is O=C(O)C1COCCN1Cc1cc(O)cc(F)c1. The molecule has 5 nitrogen and oxygen atoms in total. The van der Waals surface area contributed by atoms with Gasteiger partial charge < -0.3 is 14.9 Å². The lowest BCUT2D eigenvalue weighted by atomic mass is 10.1. The lowest BCUT2D eigenvalue weighted by Crippen LogP contribution is -2.49. The van der Waals surface area contributed by atoms with E-state index in [1.54, 1.807) is 4.90 Å². The van der Waals surface area contributed by atoms with Gasteiger partial charge in [-0.2, -0.15) is 0 Å². The van der Waals surface area contributed by atoms with Crippen molar-refractivity contribution in [3.63, 3.8) is 0 Å². The minimum Gasteiger partial charge on any atom is -0.508 e. The van der Waals surface area contributed by atoms with E-state index in [4.69, 9.17) is 9.84 Å². The van der Waals surface area contributed by atoms with E-state index in [0.29, 0.717) is 18.7 Å². The van der Waals surface area contributed by atoms with E-state index in [9.17, 15) is 14.3 Å². The summed E-state index contributed by atoms with van der Waals surface area (Å²) >= 11 is 0. The smallest absolute Gasteiger partial charge is 0.323 e. The van der Waals surface area contributed by atoms with Gasteiger partial charge in [0.1, 0.15) is 17.6 Å². The number of carboxylic acid groups (broad SMARTS) is 1. The summed E-state index contributed by atoms with van der Waals surface area (Å²) in [5.41, 5.74) is 0.542.